The van der Waals surface area contributed by atoms with E-state index in [2.05, 4.69) is 51.8 Å². The smallest absolute Gasteiger partial charge is 0.344 e. The van der Waals surface area contributed by atoms with Crippen LogP contribution in [-0.4, -0.2) is 47.0 Å². The lowest BCUT2D eigenvalue weighted by atomic mass is 9.96. The van der Waals surface area contributed by atoms with Crippen molar-refractivity contribution in [2.75, 3.05) is 37.6 Å². The molecule has 0 aliphatic carbocycles. The lowest BCUT2D eigenvalue weighted by Crippen LogP contribution is -2.46. The lowest BCUT2D eigenvalue weighted by molar-refractivity contribution is -0.137. The second-order valence-corrected chi connectivity index (χ2v) is 9.05. The third-order valence-corrected chi connectivity index (χ3v) is 5.65. The van der Waals surface area contributed by atoms with Crippen LogP contribution >= 0.6 is 23.1 Å². The predicted octanol–water partition coefficient (Wildman–Crippen LogP) is 4.68. The van der Waals surface area contributed by atoms with E-state index < -0.39 is 11.7 Å². The van der Waals surface area contributed by atoms with Crippen molar-refractivity contribution in [3.63, 3.8) is 0 Å². The monoisotopic (exact) mass is 442 g/mol. The van der Waals surface area contributed by atoms with Crippen LogP contribution in [-0.2, 0) is 11.6 Å². The number of rotatable bonds is 2. The number of hydrogen-bond acceptors (Lipinski definition) is 5. The first kappa shape index (κ1) is 21.9. The van der Waals surface area contributed by atoms with E-state index in [-0.39, 0.29) is 16.0 Å². The molecule has 1 fully saturated rings. The van der Waals surface area contributed by atoms with E-state index >= 15 is 0 Å². The van der Waals surface area contributed by atoms with E-state index in [1.54, 1.807) is 0 Å². The summed E-state index contributed by atoms with van der Waals surface area (Å²) in [6, 6.07) is 3.20. The van der Waals surface area contributed by atoms with Gasteiger partial charge in [-0.1, -0.05) is 44.2 Å². The fraction of sp³-hybridized carbons (Fsp3) is 0.500. The third kappa shape index (κ3) is 5.62. The average Bonchev–Trinajstić information content (AvgIpc) is 3.13. The van der Waals surface area contributed by atoms with Crippen molar-refractivity contribution in [1.29, 1.82) is 0 Å². The Kier molecular flexibility index (Phi) is 6.42. The highest BCUT2D eigenvalue weighted by Crippen LogP contribution is 2.31. The summed E-state index contributed by atoms with van der Waals surface area (Å²) >= 11 is 7.40. The Balaban J connectivity index is 1.57. The van der Waals surface area contributed by atoms with E-state index in [9.17, 15) is 13.2 Å². The Morgan fingerprint density at radius 1 is 1.14 bits per heavy atom. The minimum Gasteiger partial charge on any atom is -0.344 e. The van der Waals surface area contributed by atoms with Gasteiger partial charge in [0.1, 0.15) is 5.82 Å². The first-order valence-corrected chi connectivity index (χ1v) is 10.4. The minimum absolute atomic E-state index is 0.0726. The number of nitrogens with zero attached hydrogens (tertiary/aromatic N) is 4. The van der Waals surface area contributed by atoms with E-state index in [0.717, 1.165) is 49.3 Å². The Labute approximate surface area is 177 Å². The summed E-state index contributed by atoms with van der Waals surface area (Å²) in [5, 5.41) is 1.15. The molecule has 3 rings (SSSR count). The molecule has 0 unspecified atom stereocenters. The topological polar surface area (TPSA) is 32.3 Å². The van der Waals surface area contributed by atoms with Gasteiger partial charge in [0.25, 0.3) is 0 Å². The van der Waals surface area contributed by atoms with Gasteiger partial charge in [-0.3, -0.25) is 4.90 Å². The maximum Gasteiger partial charge on any atom is 0.416 e. The zero-order chi connectivity index (χ0) is 21.2. The summed E-state index contributed by atoms with van der Waals surface area (Å²) in [6.07, 6.45) is -4.41. The number of halogens is 4. The molecule has 0 bridgehead atoms. The third-order valence-electron chi connectivity index (χ3n) is 4.55. The van der Waals surface area contributed by atoms with Crippen LogP contribution in [0.2, 0.25) is 5.02 Å². The minimum atomic E-state index is -4.41. The standard InChI is InChI=1S/C20H22ClF3N4S/c1-19(2,3)17-25-18(29-26-17)28-11-9-27(10-12-28)8-4-5-14-13-15(20(22,23)24)6-7-16(14)21/h6-7,13H,8-12H2,1-3H3. The molecule has 2 aromatic rings. The summed E-state index contributed by atoms with van der Waals surface area (Å²) in [6.45, 7) is 9.97. The molecular weight excluding hydrogens is 421 g/mol. The van der Waals surface area contributed by atoms with Gasteiger partial charge in [0.15, 0.2) is 0 Å². The van der Waals surface area contributed by atoms with E-state index in [0.29, 0.717) is 6.54 Å². The number of aromatic nitrogens is 2. The quantitative estimate of drug-likeness (QED) is 0.632. The summed E-state index contributed by atoms with van der Waals surface area (Å²) in [5.74, 6) is 6.58. The predicted molar refractivity (Wildman–Crippen MR) is 111 cm³/mol. The Morgan fingerprint density at radius 3 is 2.41 bits per heavy atom. The zero-order valence-corrected chi connectivity index (χ0v) is 18.0. The number of piperazine rings is 1. The molecule has 0 N–H and O–H groups in total. The van der Waals surface area contributed by atoms with Crippen LogP contribution in [0, 0.1) is 11.8 Å². The van der Waals surface area contributed by atoms with Crippen molar-refractivity contribution in [3.8, 4) is 11.8 Å². The first-order valence-electron chi connectivity index (χ1n) is 9.21. The van der Waals surface area contributed by atoms with Gasteiger partial charge in [-0.05, 0) is 18.2 Å². The highest BCUT2D eigenvalue weighted by Gasteiger charge is 2.30. The first-order chi connectivity index (χ1) is 13.5. The Bertz CT molecular complexity index is 916. The molecule has 29 heavy (non-hydrogen) atoms. The maximum atomic E-state index is 12.8. The summed E-state index contributed by atoms with van der Waals surface area (Å²) in [7, 11) is 0. The van der Waals surface area contributed by atoms with Crippen molar-refractivity contribution < 1.29 is 13.2 Å². The van der Waals surface area contributed by atoms with Crippen molar-refractivity contribution >= 4 is 28.3 Å². The van der Waals surface area contributed by atoms with Gasteiger partial charge in [0, 0.05) is 48.7 Å². The average molecular weight is 443 g/mol. The molecule has 9 heteroatoms. The van der Waals surface area contributed by atoms with Gasteiger partial charge in [0.2, 0.25) is 5.13 Å². The number of hydrogen-bond donors (Lipinski definition) is 0. The normalized spacial score (nSPS) is 15.9. The molecule has 0 amide bonds. The molecule has 1 aliphatic heterocycles. The fourth-order valence-electron chi connectivity index (χ4n) is 2.79. The molecule has 0 spiro atoms. The van der Waals surface area contributed by atoms with Crippen LogP contribution in [0.15, 0.2) is 18.2 Å². The van der Waals surface area contributed by atoms with E-state index in [1.165, 1.54) is 17.6 Å². The largest absolute Gasteiger partial charge is 0.416 e. The molecule has 4 nitrogen and oxygen atoms in total. The van der Waals surface area contributed by atoms with Gasteiger partial charge in [-0.2, -0.15) is 17.5 Å². The number of anilines is 1. The van der Waals surface area contributed by atoms with Gasteiger partial charge < -0.3 is 4.90 Å². The molecular formula is C20H22ClF3N4S. The summed E-state index contributed by atoms with van der Waals surface area (Å²) < 4.78 is 43.0. The van der Waals surface area contributed by atoms with Crippen molar-refractivity contribution in [1.82, 2.24) is 14.3 Å². The SMILES string of the molecule is CC(C)(C)c1nsc(N2CCN(CC#Cc3cc(C(F)(F)F)ccc3Cl)CC2)n1. The maximum absolute atomic E-state index is 12.8. The fourth-order valence-corrected chi connectivity index (χ4v) is 3.86. The van der Waals surface area contributed by atoms with Gasteiger partial charge in [-0.15, -0.1) is 0 Å². The Morgan fingerprint density at radius 2 is 1.83 bits per heavy atom. The molecule has 1 aromatic heterocycles. The second-order valence-electron chi connectivity index (χ2n) is 7.91. The molecule has 1 aromatic carbocycles. The highest BCUT2D eigenvalue weighted by molar-refractivity contribution is 7.09. The molecule has 0 atom stereocenters. The van der Waals surface area contributed by atoms with E-state index in [4.69, 9.17) is 11.6 Å². The Hall–Kier alpha value is -1.82. The van der Waals surface area contributed by atoms with Gasteiger partial charge >= 0.3 is 6.18 Å². The molecule has 1 aliphatic rings. The van der Waals surface area contributed by atoms with Crippen LogP contribution in [0.4, 0.5) is 18.3 Å². The summed E-state index contributed by atoms with van der Waals surface area (Å²) in [5.41, 5.74) is -0.619. The molecule has 0 radical (unpaired) electrons. The lowest BCUT2D eigenvalue weighted by Gasteiger charge is -2.33. The molecule has 0 saturated carbocycles. The van der Waals surface area contributed by atoms with Crippen molar-refractivity contribution in [2.24, 2.45) is 0 Å². The van der Waals surface area contributed by atoms with Gasteiger partial charge in [0.05, 0.1) is 17.1 Å². The van der Waals surface area contributed by atoms with Crippen LogP contribution < -0.4 is 4.90 Å². The zero-order valence-electron chi connectivity index (χ0n) is 16.5. The number of benzene rings is 1. The van der Waals surface area contributed by atoms with Crippen molar-refractivity contribution in [3.05, 3.63) is 40.2 Å². The van der Waals surface area contributed by atoms with Crippen LogP contribution in [0.1, 0.15) is 37.7 Å². The number of alkyl halides is 3. The molecule has 156 valence electrons. The van der Waals surface area contributed by atoms with Gasteiger partial charge in [-0.25, -0.2) is 4.98 Å². The van der Waals surface area contributed by atoms with Crippen LogP contribution in [0.5, 0.6) is 0 Å². The van der Waals surface area contributed by atoms with Crippen molar-refractivity contribution in [2.45, 2.75) is 32.4 Å². The molecule has 1 saturated heterocycles. The second kappa shape index (κ2) is 8.50. The van der Waals surface area contributed by atoms with Crippen LogP contribution in [0.25, 0.3) is 0 Å². The molecule has 2 heterocycles. The highest BCUT2D eigenvalue weighted by atomic mass is 35.5. The van der Waals surface area contributed by atoms with Crippen LogP contribution in [0.3, 0.4) is 0 Å². The summed E-state index contributed by atoms with van der Waals surface area (Å²) in [4.78, 5) is 9.02. The van der Waals surface area contributed by atoms with E-state index in [1.807, 2.05) is 0 Å².